The Balaban J connectivity index is 2.30. The van der Waals surface area contributed by atoms with Gasteiger partial charge in [-0.15, -0.1) is 0 Å². The maximum absolute atomic E-state index is 11.9. The van der Waals surface area contributed by atoms with E-state index in [9.17, 15) is 4.79 Å². The molecule has 0 aliphatic heterocycles. The molecule has 0 radical (unpaired) electrons. The van der Waals surface area contributed by atoms with Gasteiger partial charge in [-0.3, -0.25) is 0 Å². The highest BCUT2D eigenvalue weighted by atomic mass is 32.1. The van der Waals surface area contributed by atoms with E-state index >= 15 is 0 Å². The minimum absolute atomic E-state index is 0.0294. The summed E-state index contributed by atoms with van der Waals surface area (Å²) in [6.45, 7) is 0. The lowest BCUT2D eigenvalue weighted by molar-refractivity contribution is -0.377. The molecule has 2 aromatic carbocycles. The normalized spacial score (nSPS) is 10.6. The number of aromatic amines is 1. The first kappa shape index (κ1) is 10.2. The van der Waals surface area contributed by atoms with E-state index in [2.05, 4.69) is 4.98 Å². The van der Waals surface area contributed by atoms with E-state index < -0.39 is 0 Å². The van der Waals surface area contributed by atoms with E-state index in [1.165, 1.54) is 0 Å². The number of rotatable bonds is 1. The van der Waals surface area contributed by atoms with Crippen molar-refractivity contribution in [3.8, 4) is 10.6 Å². The Kier molecular flexibility index (Phi) is 2.46. The Morgan fingerprint density at radius 2 is 1.59 bits per heavy atom. The van der Waals surface area contributed by atoms with Gasteiger partial charge in [0.2, 0.25) is 0 Å². The summed E-state index contributed by atoms with van der Waals surface area (Å²) in [4.78, 5) is 14.9. The van der Waals surface area contributed by atoms with Crippen molar-refractivity contribution in [3.63, 3.8) is 0 Å². The molecule has 3 aromatic rings. The van der Waals surface area contributed by atoms with E-state index in [-0.39, 0.29) is 5.56 Å². The summed E-state index contributed by atoms with van der Waals surface area (Å²) in [6.07, 6.45) is 0. The van der Waals surface area contributed by atoms with Crippen molar-refractivity contribution in [2.75, 3.05) is 0 Å². The number of fused-ring (bicyclic) bond motifs is 1. The number of aromatic nitrogens is 1. The van der Waals surface area contributed by atoms with Crippen LogP contribution in [0.5, 0.6) is 0 Å². The Bertz CT molecular complexity index is 719. The van der Waals surface area contributed by atoms with Gasteiger partial charge in [0.05, 0.1) is 10.3 Å². The molecule has 17 heavy (non-hydrogen) atoms. The van der Waals surface area contributed by atoms with Gasteiger partial charge < -0.3 is 0 Å². The van der Waals surface area contributed by atoms with Gasteiger partial charge in [0.15, 0.2) is 0 Å². The number of benzene rings is 2. The predicted molar refractivity (Wildman–Crippen MR) is 70.1 cm³/mol. The molecule has 0 saturated carbocycles. The number of hydrogen-bond acceptors (Lipinski definition) is 2. The van der Waals surface area contributed by atoms with Crippen molar-refractivity contribution >= 4 is 21.4 Å². The molecule has 82 valence electrons. The van der Waals surface area contributed by atoms with Crippen molar-refractivity contribution in [2.45, 2.75) is 0 Å². The molecule has 0 aliphatic rings. The second-order valence-electron chi connectivity index (χ2n) is 3.75. The van der Waals surface area contributed by atoms with Gasteiger partial charge in [0, 0.05) is 0 Å². The van der Waals surface area contributed by atoms with Crippen LogP contribution in [0.4, 0.5) is 0 Å². The highest BCUT2D eigenvalue weighted by Crippen LogP contribution is 2.23. The second-order valence-corrected chi connectivity index (χ2v) is 4.80. The molecule has 3 rings (SSSR count). The zero-order chi connectivity index (χ0) is 11.7. The fourth-order valence-corrected chi connectivity index (χ4v) is 2.80. The van der Waals surface area contributed by atoms with Gasteiger partial charge >= 0.3 is 5.56 Å². The van der Waals surface area contributed by atoms with Crippen molar-refractivity contribution in [2.24, 2.45) is 0 Å². The third kappa shape index (κ3) is 1.85. The Hall–Kier alpha value is -2.00. The number of hydrogen-bond donors (Lipinski definition) is 0. The quantitative estimate of drug-likeness (QED) is 0.643. The summed E-state index contributed by atoms with van der Waals surface area (Å²) < 4.78 is 1.01. The van der Waals surface area contributed by atoms with Crippen LogP contribution < -0.4 is 10.5 Å². The van der Waals surface area contributed by atoms with Crippen LogP contribution in [0, 0.1) is 0 Å². The average Bonchev–Trinajstić information content (AvgIpc) is 2.40. The summed E-state index contributed by atoms with van der Waals surface area (Å²) in [6, 6.07) is 17.5. The molecule has 0 fully saturated rings. The molecule has 0 spiro atoms. The van der Waals surface area contributed by atoms with Gasteiger partial charge in [-0.05, 0) is 24.3 Å². The summed E-state index contributed by atoms with van der Waals surface area (Å²) in [7, 11) is 0. The maximum Gasteiger partial charge on any atom is 0.420 e. The van der Waals surface area contributed by atoms with E-state index in [0.29, 0.717) is 0 Å². The molecule has 0 amide bonds. The summed E-state index contributed by atoms with van der Waals surface area (Å²) in [5.74, 6) is 0. The molecule has 0 atom stereocenters. The highest BCUT2D eigenvalue weighted by molar-refractivity contribution is 7.20. The average molecular weight is 240 g/mol. The number of nitrogens with one attached hydrogen (secondary N) is 1. The Morgan fingerprint density at radius 3 is 2.41 bits per heavy atom. The summed E-state index contributed by atoms with van der Waals surface area (Å²) >= 11 is 1.60. The molecule has 1 N–H and O–H groups in total. The first-order valence-corrected chi connectivity index (χ1v) is 6.17. The predicted octanol–water partition coefficient (Wildman–Crippen LogP) is 2.74. The molecular weight excluding hydrogens is 230 g/mol. The largest absolute Gasteiger partial charge is 0.420 e. The van der Waals surface area contributed by atoms with Crippen molar-refractivity contribution < 1.29 is 4.98 Å². The van der Waals surface area contributed by atoms with Crippen LogP contribution in [-0.2, 0) is 0 Å². The summed E-state index contributed by atoms with van der Waals surface area (Å²) in [5, 5.41) is 1.64. The SMILES string of the molecule is O=c1[nH+]c(-c2ccccc2)sc2ccccc12. The molecule has 1 heterocycles. The molecule has 2 nitrogen and oxygen atoms in total. The van der Waals surface area contributed by atoms with Crippen molar-refractivity contribution in [3.05, 3.63) is 65.0 Å². The minimum Gasteiger partial charge on any atom is -0.214 e. The van der Waals surface area contributed by atoms with E-state index in [4.69, 9.17) is 0 Å². The summed E-state index contributed by atoms with van der Waals surface area (Å²) in [5.41, 5.74) is 1.01. The van der Waals surface area contributed by atoms with Crippen LogP contribution in [0.2, 0.25) is 0 Å². The fraction of sp³-hybridized carbons (Fsp3) is 0. The monoisotopic (exact) mass is 240 g/mol. The van der Waals surface area contributed by atoms with Crippen LogP contribution in [0.3, 0.4) is 0 Å². The Morgan fingerprint density at radius 1 is 0.882 bits per heavy atom. The number of H-pyrrole nitrogens is 1. The lowest BCUT2D eigenvalue weighted by Crippen LogP contribution is -2.27. The second kappa shape index (κ2) is 4.11. The standard InChI is InChI=1S/C14H9NOS/c16-13-11-8-4-5-9-12(11)17-14(15-13)10-6-2-1-3-7-10/h1-9H/p+1. The lowest BCUT2D eigenvalue weighted by atomic mass is 10.2. The molecule has 1 aromatic heterocycles. The zero-order valence-corrected chi connectivity index (χ0v) is 9.83. The van der Waals surface area contributed by atoms with Crippen LogP contribution in [0.15, 0.2) is 59.4 Å². The minimum atomic E-state index is -0.0294. The molecule has 0 aliphatic carbocycles. The first-order chi connectivity index (χ1) is 8.34. The van der Waals surface area contributed by atoms with E-state index in [1.54, 1.807) is 11.3 Å². The topological polar surface area (TPSA) is 31.2 Å². The van der Waals surface area contributed by atoms with Gasteiger partial charge in [-0.25, -0.2) is 4.79 Å². The third-order valence-corrected chi connectivity index (χ3v) is 3.72. The zero-order valence-electron chi connectivity index (χ0n) is 9.01. The van der Waals surface area contributed by atoms with Gasteiger partial charge in [-0.2, -0.15) is 4.98 Å². The fourth-order valence-electron chi connectivity index (χ4n) is 1.77. The highest BCUT2D eigenvalue weighted by Gasteiger charge is 2.11. The van der Waals surface area contributed by atoms with E-state index in [1.807, 2.05) is 54.6 Å². The van der Waals surface area contributed by atoms with Crippen molar-refractivity contribution in [1.82, 2.24) is 0 Å². The van der Waals surface area contributed by atoms with Gasteiger partial charge in [0.25, 0.3) is 5.01 Å². The van der Waals surface area contributed by atoms with Gasteiger partial charge in [-0.1, -0.05) is 41.7 Å². The smallest absolute Gasteiger partial charge is 0.214 e. The van der Waals surface area contributed by atoms with Gasteiger partial charge in [0.1, 0.15) is 5.39 Å². The van der Waals surface area contributed by atoms with E-state index in [0.717, 1.165) is 20.7 Å². The molecule has 0 unspecified atom stereocenters. The lowest BCUT2D eigenvalue weighted by Gasteiger charge is -1.95. The molecule has 0 bridgehead atoms. The first-order valence-electron chi connectivity index (χ1n) is 5.35. The Labute approximate surface area is 102 Å². The van der Waals surface area contributed by atoms with Crippen molar-refractivity contribution in [1.29, 1.82) is 0 Å². The molecule has 0 saturated heterocycles. The molecule has 3 heteroatoms. The third-order valence-electron chi connectivity index (χ3n) is 2.61. The van der Waals surface area contributed by atoms with Crippen LogP contribution in [0.25, 0.3) is 20.7 Å². The van der Waals surface area contributed by atoms with Crippen LogP contribution >= 0.6 is 11.3 Å². The maximum atomic E-state index is 11.9. The molecular formula is C14H10NOS+. The van der Waals surface area contributed by atoms with Crippen LogP contribution in [0.1, 0.15) is 0 Å². The van der Waals surface area contributed by atoms with Crippen LogP contribution in [-0.4, -0.2) is 0 Å².